The van der Waals surface area contributed by atoms with E-state index in [9.17, 15) is 9.59 Å². The number of aryl methyl sites for hydroxylation is 2. The van der Waals surface area contributed by atoms with Crippen LogP contribution in [0.3, 0.4) is 0 Å². The van der Waals surface area contributed by atoms with Crippen LogP contribution in [0, 0.1) is 19.8 Å². The monoisotopic (exact) mass is 369 g/mol. The van der Waals surface area contributed by atoms with E-state index in [0.29, 0.717) is 32.7 Å². The number of hydrogen-bond donors (Lipinski definition) is 2. The van der Waals surface area contributed by atoms with Crippen LogP contribution in [0.5, 0.6) is 0 Å². The van der Waals surface area contributed by atoms with Gasteiger partial charge in [-0.25, -0.2) is 0 Å². The third-order valence-corrected chi connectivity index (χ3v) is 4.12. The number of hydrogen-bond acceptors (Lipinski definition) is 4. The van der Waals surface area contributed by atoms with Crippen LogP contribution >= 0.6 is 12.4 Å². The molecular weight excluding hydrogens is 342 g/mol. The Morgan fingerprint density at radius 3 is 2.52 bits per heavy atom. The first-order valence-corrected chi connectivity index (χ1v) is 8.40. The first kappa shape index (κ1) is 21.4. The zero-order valence-electron chi connectivity index (χ0n) is 15.1. The molecule has 2 N–H and O–H groups in total. The molecule has 140 valence electrons. The first-order valence-electron chi connectivity index (χ1n) is 8.40. The van der Waals surface area contributed by atoms with Crippen LogP contribution in [-0.4, -0.2) is 51.7 Å². The quantitative estimate of drug-likeness (QED) is 0.537. The topological polar surface area (TPSA) is 70.7 Å². The molecule has 2 amide bonds. The number of anilines is 1. The molecule has 0 saturated carbocycles. The molecule has 6 nitrogen and oxygen atoms in total. The largest absolute Gasteiger partial charge is 0.383 e. The van der Waals surface area contributed by atoms with Gasteiger partial charge in [0.1, 0.15) is 5.92 Å². The van der Waals surface area contributed by atoms with Crippen LogP contribution in [0.2, 0.25) is 0 Å². The minimum absolute atomic E-state index is 0. The summed E-state index contributed by atoms with van der Waals surface area (Å²) in [6, 6.07) is 6.06. The number of nitrogens with zero attached hydrogens (tertiary/aromatic N) is 1. The van der Waals surface area contributed by atoms with E-state index >= 15 is 0 Å². The number of carbonyl (C=O) groups excluding carboxylic acids is 2. The van der Waals surface area contributed by atoms with E-state index in [1.165, 1.54) is 0 Å². The minimum Gasteiger partial charge on any atom is -0.383 e. The normalized spacial score (nSPS) is 16.7. The van der Waals surface area contributed by atoms with Gasteiger partial charge < -0.3 is 20.3 Å². The number of nitrogens with one attached hydrogen (secondary N) is 2. The molecule has 1 aromatic rings. The Bertz CT molecular complexity index is 575. The fraction of sp³-hybridized carbons (Fsp3) is 0.556. The molecule has 0 aromatic heterocycles. The molecule has 1 saturated heterocycles. The van der Waals surface area contributed by atoms with Crippen molar-refractivity contribution in [2.45, 2.75) is 20.3 Å². The van der Waals surface area contributed by atoms with Crippen molar-refractivity contribution < 1.29 is 14.3 Å². The number of carbonyl (C=O) groups is 2. The molecule has 1 aromatic carbocycles. The van der Waals surface area contributed by atoms with Crippen molar-refractivity contribution in [1.29, 1.82) is 0 Å². The van der Waals surface area contributed by atoms with E-state index < -0.39 is 5.92 Å². The van der Waals surface area contributed by atoms with Gasteiger partial charge in [-0.1, -0.05) is 6.07 Å². The standard InChI is InChI=1S/C18H27N3O3.ClH/c1-13-10-14(2)12-15(11-13)21-8-4-16(18(21)23)17(22)20-6-5-19-7-9-24-3;/h10-12,16,19H,4-9H2,1-3H3,(H,20,22);1H. The van der Waals surface area contributed by atoms with E-state index in [4.69, 9.17) is 4.74 Å². The molecule has 0 bridgehead atoms. The average molecular weight is 370 g/mol. The molecule has 25 heavy (non-hydrogen) atoms. The minimum atomic E-state index is -0.579. The van der Waals surface area contributed by atoms with E-state index in [-0.39, 0.29) is 24.2 Å². The highest BCUT2D eigenvalue weighted by molar-refractivity contribution is 6.09. The number of benzene rings is 1. The maximum absolute atomic E-state index is 12.6. The first-order chi connectivity index (χ1) is 11.5. The van der Waals surface area contributed by atoms with Crippen LogP contribution in [0.1, 0.15) is 17.5 Å². The molecule has 1 aliphatic rings. The molecule has 0 radical (unpaired) electrons. The van der Waals surface area contributed by atoms with Crippen LogP contribution in [-0.2, 0) is 14.3 Å². The molecule has 0 aliphatic carbocycles. The summed E-state index contributed by atoms with van der Waals surface area (Å²) in [6.07, 6.45) is 0.564. The van der Waals surface area contributed by atoms with Crippen molar-refractivity contribution in [1.82, 2.24) is 10.6 Å². The van der Waals surface area contributed by atoms with Crippen LogP contribution in [0.4, 0.5) is 5.69 Å². The van der Waals surface area contributed by atoms with Crippen molar-refractivity contribution >= 4 is 29.9 Å². The van der Waals surface area contributed by atoms with E-state index in [2.05, 4.69) is 16.7 Å². The lowest BCUT2D eigenvalue weighted by atomic mass is 10.1. The molecular formula is C18H28ClN3O3. The fourth-order valence-corrected chi connectivity index (χ4v) is 2.98. The highest BCUT2D eigenvalue weighted by Crippen LogP contribution is 2.27. The maximum atomic E-state index is 12.6. The van der Waals surface area contributed by atoms with Crippen molar-refractivity contribution in [3.8, 4) is 0 Å². The lowest BCUT2D eigenvalue weighted by molar-refractivity contribution is -0.132. The highest BCUT2D eigenvalue weighted by atomic mass is 35.5. The Morgan fingerprint density at radius 1 is 1.20 bits per heavy atom. The van der Waals surface area contributed by atoms with Gasteiger partial charge in [-0.05, 0) is 43.5 Å². The zero-order chi connectivity index (χ0) is 17.5. The van der Waals surface area contributed by atoms with Gasteiger partial charge >= 0.3 is 0 Å². The summed E-state index contributed by atoms with van der Waals surface area (Å²) in [6.45, 7) is 7.17. The second-order valence-electron chi connectivity index (χ2n) is 6.21. The number of ether oxygens (including phenoxy) is 1. The summed E-state index contributed by atoms with van der Waals surface area (Å²) in [5.74, 6) is -0.866. The number of rotatable bonds is 8. The molecule has 0 spiro atoms. The molecule has 7 heteroatoms. The molecule has 1 unspecified atom stereocenters. The van der Waals surface area contributed by atoms with E-state index in [0.717, 1.165) is 23.4 Å². The molecule has 1 aliphatic heterocycles. The maximum Gasteiger partial charge on any atom is 0.239 e. The van der Waals surface area contributed by atoms with Gasteiger partial charge in [0.25, 0.3) is 0 Å². The van der Waals surface area contributed by atoms with Crippen molar-refractivity contribution in [2.75, 3.05) is 44.8 Å². The number of halogens is 1. The summed E-state index contributed by atoms with van der Waals surface area (Å²) in [7, 11) is 1.65. The lowest BCUT2D eigenvalue weighted by Crippen LogP contribution is -2.39. The predicted octanol–water partition coefficient (Wildman–Crippen LogP) is 1.43. The Morgan fingerprint density at radius 2 is 1.88 bits per heavy atom. The van der Waals surface area contributed by atoms with Gasteiger partial charge in [-0.3, -0.25) is 9.59 Å². The number of amides is 2. The zero-order valence-corrected chi connectivity index (χ0v) is 15.9. The highest BCUT2D eigenvalue weighted by Gasteiger charge is 2.37. The Hall–Kier alpha value is -1.63. The Balaban J connectivity index is 0.00000312. The summed E-state index contributed by atoms with van der Waals surface area (Å²) < 4.78 is 4.94. The van der Waals surface area contributed by atoms with Crippen LogP contribution in [0.15, 0.2) is 18.2 Å². The van der Waals surface area contributed by atoms with Gasteiger partial charge in [-0.15, -0.1) is 12.4 Å². The summed E-state index contributed by atoms with van der Waals surface area (Å²) in [4.78, 5) is 26.5. The number of methoxy groups -OCH3 is 1. The Kier molecular flexibility index (Phi) is 8.89. The molecule has 2 rings (SSSR count). The second kappa shape index (κ2) is 10.4. The molecule has 1 fully saturated rings. The van der Waals surface area contributed by atoms with Gasteiger partial charge in [0.2, 0.25) is 11.8 Å². The smallest absolute Gasteiger partial charge is 0.239 e. The summed E-state index contributed by atoms with van der Waals surface area (Å²) in [5.41, 5.74) is 3.12. The van der Waals surface area contributed by atoms with E-state index in [1.54, 1.807) is 12.0 Å². The summed E-state index contributed by atoms with van der Waals surface area (Å²) >= 11 is 0. The lowest BCUT2D eigenvalue weighted by Gasteiger charge is -2.18. The van der Waals surface area contributed by atoms with Gasteiger partial charge in [-0.2, -0.15) is 0 Å². The third kappa shape index (κ3) is 5.99. The van der Waals surface area contributed by atoms with Gasteiger partial charge in [0.15, 0.2) is 0 Å². The summed E-state index contributed by atoms with van der Waals surface area (Å²) in [5, 5.41) is 5.99. The van der Waals surface area contributed by atoms with E-state index in [1.807, 2.05) is 26.0 Å². The van der Waals surface area contributed by atoms with Gasteiger partial charge in [0.05, 0.1) is 6.61 Å². The molecule has 1 heterocycles. The predicted molar refractivity (Wildman–Crippen MR) is 101 cm³/mol. The van der Waals surface area contributed by atoms with Crippen molar-refractivity contribution in [3.05, 3.63) is 29.3 Å². The average Bonchev–Trinajstić information content (AvgIpc) is 2.91. The second-order valence-corrected chi connectivity index (χ2v) is 6.21. The van der Waals surface area contributed by atoms with Crippen molar-refractivity contribution in [3.63, 3.8) is 0 Å². The molecule has 1 atom stereocenters. The third-order valence-electron chi connectivity index (χ3n) is 4.12. The van der Waals surface area contributed by atoms with Crippen LogP contribution in [0.25, 0.3) is 0 Å². The fourth-order valence-electron chi connectivity index (χ4n) is 2.98. The van der Waals surface area contributed by atoms with Gasteiger partial charge in [0, 0.05) is 39.0 Å². The van der Waals surface area contributed by atoms with Crippen LogP contribution < -0.4 is 15.5 Å². The Labute approximate surface area is 155 Å². The van der Waals surface area contributed by atoms with Crippen molar-refractivity contribution in [2.24, 2.45) is 5.92 Å². The SMILES string of the molecule is COCCNCCNC(=O)C1CCN(c2cc(C)cc(C)c2)C1=O.Cl.